The number of anilines is 2. The molecule has 0 bridgehead atoms. The summed E-state index contributed by atoms with van der Waals surface area (Å²) in [7, 11) is 0. The number of hydrogen-bond donors (Lipinski definition) is 1. The number of ether oxygens (including phenoxy) is 3. The summed E-state index contributed by atoms with van der Waals surface area (Å²) in [5.41, 5.74) is 1.41. The number of hydrogen-bond acceptors (Lipinski definition) is 6. The van der Waals surface area contributed by atoms with Gasteiger partial charge in [-0.1, -0.05) is 6.08 Å². The predicted molar refractivity (Wildman–Crippen MR) is 109 cm³/mol. The molecule has 2 aliphatic heterocycles. The molecule has 8 nitrogen and oxygen atoms in total. The molecule has 0 fully saturated rings. The fourth-order valence-corrected chi connectivity index (χ4v) is 3.31. The highest BCUT2D eigenvalue weighted by Crippen LogP contribution is 2.34. The van der Waals surface area contributed by atoms with Gasteiger partial charge in [-0.15, -0.1) is 6.58 Å². The van der Waals surface area contributed by atoms with Crippen molar-refractivity contribution >= 4 is 29.0 Å². The Labute approximate surface area is 173 Å². The summed E-state index contributed by atoms with van der Waals surface area (Å²) >= 11 is 0. The molecule has 2 heterocycles. The van der Waals surface area contributed by atoms with E-state index in [1.807, 2.05) is 0 Å². The van der Waals surface area contributed by atoms with E-state index in [2.05, 4.69) is 11.9 Å². The SMILES string of the molecule is C=CCN1C(=O)COc2ccc(C(=O)C(C)Oc3ccc4c(c3)NC(=O)CO4)cc21. The summed E-state index contributed by atoms with van der Waals surface area (Å²) in [4.78, 5) is 38.1. The lowest BCUT2D eigenvalue weighted by atomic mass is 10.0. The zero-order valence-corrected chi connectivity index (χ0v) is 16.3. The molecule has 0 saturated carbocycles. The van der Waals surface area contributed by atoms with Crippen LogP contribution in [-0.2, 0) is 9.59 Å². The number of nitrogens with one attached hydrogen (secondary N) is 1. The van der Waals surface area contributed by atoms with Crippen molar-refractivity contribution in [3.05, 3.63) is 54.6 Å². The van der Waals surface area contributed by atoms with Crippen LogP contribution >= 0.6 is 0 Å². The summed E-state index contributed by atoms with van der Waals surface area (Å²) in [5, 5.41) is 2.70. The number of Topliss-reactive ketones (excluding diaryl/α,β-unsaturated/α-hetero) is 1. The van der Waals surface area contributed by atoms with Crippen molar-refractivity contribution in [3.63, 3.8) is 0 Å². The minimum absolute atomic E-state index is 0.0322. The van der Waals surface area contributed by atoms with Gasteiger partial charge in [0.25, 0.3) is 11.8 Å². The van der Waals surface area contributed by atoms with Gasteiger partial charge in [0.15, 0.2) is 19.3 Å². The third-order valence-corrected chi connectivity index (χ3v) is 4.76. The van der Waals surface area contributed by atoms with E-state index < -0.39 is 6.10 Å². The first kappa shape index (κ1) is 19.5. The number of carbonyl (C=O) groups is 3. The molecule has 1 unspecified atom stereocenters. The fraction of sp³-hybridized carbons (Fsp3) is 0.227. The average Bonchev–Trinajstić information content (AvgIpc) is 2.74. The van der Waals surface area contributed by atoms with Crippen molar-refractivity contribution in [2.24, 2.45) is 0 Å². The maximum Gasteiger partial charge on any atom is 0.265 e. The van der Waals surface area contributed by atoms with Crippen molar-refractivity contribution in [3.8, 4) is 17.2 Å². The van der Waals surface area contributed by atoms with E-state index in [4.69, 9.17) is 14.2 Å². The van der Waals surface area contributed by atoms with Gasteiger partial charge in [0, 0.05) is 18.2 Å². The smallest absolute Gasteiger partial charge is 0.265 e. The monoisotopic (exact) mass is 408 g/mol. The van der Waals surface area contributed by atoms with Crippen molar-refractivity contribution in [2.45, 2.75) is 13.0 Å². The lowest BCUT2D eigenvalue weighted by Crippen LogP contribution is -2.39. The van der Waals surface area contributed by atoms with E-state index in [1.165, 1.54) is 4.90 Å². The first-order valence-electron chi connectivity index (χ1n) is 9.42. The van der Waals surface area contributed by atoms with Crippen LogP contribution in [-0.4, -0.2) is 43.5 Å². The number of ketones is 1. The van der Waals surface area contributed by atoms with Crippen LogP contribution in [0.5, 0.6) is 17.2 Å². The van der Waals surface area contributed by atoms with Crippen LogP contribution in [0.1, 0.15) is 17.3 Å². The van der Waals surface area contributed by atoms with Crippen LogP contribution in [0.2, 0.25) is 0 Å². The molecule has 0 aliphatic carbocycles. The summed E-state index contributed by atoms with van der Waals surface area (Å²) in [6.45, 7) is 5.55. The lowest BCUT2D eigenvalue weighted by Gasteiger charge is -2.29. The highest BCUT2D eigenvalue weighted by atomic mass is 16.5. The Balaban J connectivity index is 1.53. The molecule has 4 rings (SSSR count). The van der Waals surface area contributed by atoms with Crippen LogP contribution in [0.15, 0.2) is 49.1 Å². The Morgan fingerprint density at radius 2 is 1.97 bits per heavy atom. The minimum atomic E-state index is -0.797. The van der Waals surface area contributed by atoms with Crippen LogP contribution in [0.4, 0.5) is 11.4 Å². The van der Waals surface area contributed by atoms with Crippen LogP contribution in [0.3, 0.4) is 0 Å². The van der Waals surface area contributed by atoms with Gasteiger partial charge in [-0.2, -0.15) is 0 Å². The Hall–Kier alpha value is -3.81. The molecular formula is C22H20N2O6. The molecule has 2 aliphatic rings. The third kappa shape index (κ3) is 3.71. The number of amides is 2. The number of rotatable bonds is 6. The van der Waals surface area contributed by atoms with E-state index in [0.717, 1.165) is 0 Å². The highest BCUT2D eigenvalue weighted by Gasteiger charge is 2.27. The molecule has 0 radical (unpaired) electrons. The van der Waals surface area contributed by atoms with Gasteiger partial charge in [-0.25, -0.2) is 0 Å². The Morgan fingerprint density at radius 1 is 1.20 bits per heavy atom. The van der Waals surface area contributed by atoms with E-state index in [9.17, 15) is 14.4 Å². The van der Waals surface area contributed by atoms with Crippen LogP contribution in [0, 0.1) is 0 Å². The van der Waals surface area contributed by atoms with Crippen LogP contribution < -0.4 is 24.4 Å². The molecule has 0 saturated heterocycles. The van der Waals surface area contributed by atoms with Gasteiger partial charge in [0.2, 0.25) is 5.78 Å². The van der Waals surface area contributed by atoms with Crippen molar-refractivity contribution in [2.75, 3.05) is 30.0 Å². The molecule has 0 aromatic heterocycles. The number of fused-ring (bicyclic) bond motifs is 2. The zero-order chi connectivity index (χ0) is 21.3. The zero-order valence-electron chi connectivity index (χ0n) is 16.3. The van der Waals surface area contributed by atoms with Gasteiger partial charge in [-0.3, -0.25) is 14.4 Å². The highest BCUT2D eigenvalue weighted by molar-refractivity contribution is 6.03. The second kappa shape index (κ2) is 7.90. The number of carbonyl (C=O) groups excluding carboxylic acids is 3. The molecule has 1 atom stereocenters. The third-order valence-electron chi connectivity index (χ3n) is 4.76. The first-order valence-corrected chi connectivity index (χ1v) is 9.42. The second-order valence-corrected chi connectivity index (χ2v) is 6.88. The van der Waals surface area contributed by atoms with E-state index in [-0.39, 0.29) is 30.8 Å². The molecule has 2 aromatic carbocycles. The summed E-state index contributed by atoms with van der Waals surface area (Å²) in [5.74, 6) is 0.792. The average molecular weight is 408 g/mol. The van der Waals surface area contributed by atoms with Gasteiger partial charge >= 0.3 is 0 Å². The number of benzene rings is 2. The normalized spacial score (nSPS) is 15.7. The molecule has 30 heavy (non-hydrogen) atoms. The minimum Gasteiger partial charge on any atom is -0.482 e. The fourth-order valence-electron chi connectivity index (χ4n) is 3.31. The van der Waals surface area contributed by atoms with Crippen molar-refractivity contribution in [1.82, 2.24) is 0 Å². The molecule has 2 aromatic rings. The quantitative estimate of drug-likeness (QED) is 0.583. The maximum absolute atomic E-state index is 12.9. The lowest BCUT2D eigenvalue weighted by molar-refractivity contribution is -0.121. The van der Waals surface area contributed by atoms with Gasteiger partial charge < -0.3 is 24.4 Å². The summed E-state index contributed by atoms with van der Waals surface area (Å²) in [6, 6.07) is 9.90. The van der Waals surface area contributed by atoms with Crippen molar-refractivity contribution < 1.29 is 28.6 Å². The summed E-state index contributed by atoms with van der Waals surface area (Å²) < 4.78 is 16.6. The number of nitrogens with zero attached hydrogens (tertiary/aromatic N) is 1. The Kier molecular flexibility index (Phi) is 5.14. The van der Waals surface area contributed by atoms with E-state index >= 15 is 0 Å². The van der Waals surface area contributed by atoms with Gasteiger partial charge in [-0.05, 0) is 37.3 Å². The van der Waals surface area contributed by atoms with E-state index in [0.29, 0.717) is 40.7 Å². The van der Waals surface area contributed by atoms with E-state index in [1.54, 1.807) is 49.4 Å². The Morgan fingerprint density at radius 3 is 2.77 bits per heavy atom. The van der Waals surface area contributed by atoms with Gasteiger partial charge in [0.05, 0.1) is 11.4 Å². The molecular weight excluding hydrogens is 388 g/mol. The maximum atomic E-state index is 12.9. The topological polar surface area (TPSA) is 94.2 Å². The molecule has 0 spiro atoms. The van der Waals surface area contributed by atoms with Crippen molar-refractivity contribution in [1.29, 1.82) is 0 Å². The molecule has 1 N–H and O–H groups in total. The predicted octanol–water partition coefficient (Wildman–Crippen LogP) is 2.58. The second-order valence-electron chi connectivity index (χ2n) is 6.88. The standard InChI is InChI=1S/C22H20N2O6/c1-3-8-24-17-9-14(4-6-19(17)29-12-21(24)26)22(27)13(2)30-15-5-7-18-16(10-15)23-20(25)11-28-18/h3-7,9-10,13H,1,8,11-12H2,2H3,(H,23,25). The molecule has 154 valence electrons. The Bertz CT molecular complexity index is 1050. The first-order chi connectivity index (χ1) is 14.5. The van der Waals surface area contributed by atoms with Crippen LogP contribution in [0.25, 0.3) is 0 Å². The largest absolute Gasteiger partial charge is 0.482 e. The van der Waals surface area contributed by atoms with Gasteiger partial charge in [0.1, 0.15) is 17.2 Å². The molecule has 8 heteroatoms. The summed E-state index contributed by atoms with van der Waals surface area (Å²) in [6.07, 6.45) is 0.820. The molecule has 2 amide bonds.